The number of nitrogens with zero attached hydrogens (tertiary/aromatic N) is 1. The molecule has 0 aliphatic heterocycles. The molecule has 1 rings (SSSR count). The minimum absolute atomic E-state index is 0.0848. The van der Waals surface area contributed by atoms with Gasteiger partial charge in [0.1, 0.15) is 0 Å². The molecule has 0 saturated heterocycles. The van der Waals surface area contributed by atoms with Crippen molar-refractivity contribution in [2.24, 2.45) is 0 Å². The molecule has 0 aromatic heterocycles. The van der Waals surface area contributed by atoms with E-state index in [2.05, 4.69) is 17.3 Å². The Morgan fingerprint density at radius 3 is 2.45 bits per heavy atom. The Labute approximate surface area is 132 Å². The highest BCUT2D eigenvalue weighted by atomic mass is 16.2. The number of benzene rings is 1. The molecule has 0 aliphatic rings. The van der Waals surface area contributed by atoms with Crippen molar-refractivity contribution in [2.75, 3.05) is 0 Å². The Morgan fingerprint density at radius 1 is 1.23 bits per heavy atom. The maximum absolute atomic E-state index is 12.7. The van der Waals surface area contributed by atoms with Gasteiger partial charge in [0.15, 0.2) is 0 Å². The van der Waals surface area contributed by atoms with Gasteiger partial charge in [0.2, 0.25) is 0 Å². The highest BCUT2D eigenvalue weighted by molar-refractivity contribution is 5.96. The molecule has 1 N–H and O–H groups in total. The lowest BCUT2D eigenvalue weighted by Gasteiger charge is -2.35. The van der Waals surface area contributed by atoms with Crippen molar-refractivity contribution in [3.05, 3.63) is 35.4 Å². The van der Waals surface area contributed by atoms with Crippen molar-refractivity contribution in [1.29, 1.82) is 0 Å². The topological polar surface area (TPSA) is 49.4 Å². The number of hydrogen-bond acceptors (Lipinski definition) is 2. The summed E-state index contributed by atoms with van der Waals surface area (Å²) in [5, 5.41) is 1.37. The molecule has 0 fully saturated rings. The summed E-state index contributed by atoms with van der Waals surface area (Å²) in [5.74, 6) is 5.12. The number of hydrogen-bond donors (Lipinski definition) is 1. The molecule has 0 saturated carbocycles. The zero-order valence-electron chi connectivity index (χ0n) is 14.0. The fourth-order valence-electron chi connectivity index (χ4n) is 1.86. The Bertz CT molecular complexity index is 603. The predicted octanol–water partition coefficient (Wildman–Crippen LogP) is 3.07. The van der Waals surface area contributed by atoms with Crippen molar-refractivity contribution < 1.29 is 9.59 Å². The molecule has 22 heavy (non-hydrogen) atoms. The van der Waals surface area contributed by atoms with E-state index >= 15 is 0 Å². The van der Waals surface area contributed by atoms with Gasteiger partial charge >= 0.3 is 0 Å². The normalized spacial score (nSPS) is 10.4. The van der Waals surface area contributed by atoms with Gasteiger partial charge in [0.05, 0.1) is 12.0 Å². The molecule has 1 aromatic carbocycles. The van der Waals surface area contributed by atoms with E-state index < -0.39 is 5.54 Å². The zero-order valence-corrected chi connectivity index (χ0v) is 14.0. The molecular formula is C18H24N2O2. The molecule has 0 aliphatic carbocycles. The van der Waals surface area contributed by atoms with Crippen molar-refractivity contribution >= 4 is 11.8 Å². The fraction of sp³-hybridized carbons (Fsp3) is 0.444. The zero-order chi connectivity index (χ0) is 16.8. The van der Waals surface area contributed by atoms with Crippen LogP contribution in [0.5, 0.6) is 0 Å². The van der Waals surface area contributed by atoms with Crippen LogP contribution in [0.4, 0.5) is 0 Å². The molecular weight excluding hydrogens is 276 g/mol. The van der Waals surface area contributed by atoms with E-state index in [-0.39, 0.29) is 18.2 Å². The SMILES string of the molecule is CCC#CCC(=O)NN(C(=O)c1cccc(C)c1)C(C)(C)C. The minimum atomic E-state index is -0.533. The highest BCUT2D eigenvalue weighted by Gasteiger charge is 2.29. The van der Waals surface area contributed by atoms with E-state index in [0.717, 1.165) is 5.56 Å². The van der Waals surface area contributed by atoms with E-state index in [1.807, 2.05) is 52.8 Å². The second-order valence-electron chi connectivity index (χ2n) is 6.10. The number of hydrazine groups is 1. The largest absolute Gasteiger partial charge is 0.272 e. The van der Waals surface area contributed by atoms with E-state index in [1.165, 1.54) is 5.01 Å². The molecule has 4 heteroatoms. The van der Waals surface area contributed by atoms with Gasteiger partial charge in [-0.05, 0) is 39.8 Å². The molecule has 1 aromatic rings. The Hall–Kier alpha value is -2.28. The summed E-state index contributed by atoms with van der Waals surface area (Å²) in [6, 6.07) is 7.32. The summed E-state index contributed by atoms with van der Waals surface area (Å²) in [6.45, 7) is 9.47. The summed E-state index contributed by atoms with van der Waals surface area (Å²) < 4.78 is 0. The maximum Gasteiger partial charge on any atom is 0.272 e. The lowest BCUT2D eigenvalue weighted by atomic mass is 10.1. The van der Waals surface area contributed by atoms with Crippen LogP contribution < -0.4 is 5.43 Å². The second kappa shape index (κ2) is 7.65. The summed E-state index contributed by atoms with van der Waals surface area (Å²) >= 11 is 0. The minimum Gasteiger partial charge on any atom is -0.272 e. The molecule has 0 bridgehead atoms. The number of nitrogens with one attached hydrogen (secondary N) is 1. The van der Waals surface area contributed by atoms with Crippen LogP contribution in [0.15, 0.2) is 24.3 Å². The lowest BCUT2D eigenvalue weighted by Crippen LogP contribution is -2.55. The van der Waals surface area contributed by atoms with Crippen molar-refractivity contribution in [3.8, 4) is 11.8 Å². The highest BCUT2D eigenvalue weighted by Crippen LogP contribution is 2.16. The summed E-state index contributed by atoms with van der Waals surface area (Å²) in [7, 11) is 0. The van der Waals surface area contributed by atoms with Crippen LogP contribution >= 0.6 is 0 Å². The first-order valence-corrected chi connectivity index (χ1v) is 7.42. The summed E-state index contributed by atoms with van der Waals surface area (Å²) in [6.07, 6.45) is 0.792. The van der Waals surface area contributed by atoms with E-state index in [1.54, 1.807) is 6.07 Å². The van der Waals surface area contributed by atoms with Gasteiger partial charge in [-0.15, -0.1) is 5.92 Å². The average Bonchev–Trinajstić information content (AvgIpc) is 2.43. The van der Waals surface area contributed by atoms with Crippen molar-refractivity contribution in [2.45, 2.75) is 53.0 Å². The molecule has 0 radical (unpaired) electrons. The number of carbonyl (C=O) groups excluding carboxylic acids is 2. The quantitative estimate of drug-likeness (QED) is 0.674. The number of aryl methyl sites for hydroxylation is 1. The summed E-state index contributed by atoms with van der Waals surface area (Å²) in [5.41, 5.74) is 3.69. The van der Waals surface area contributed by atoms with Gasteiger partial charge in [0, 0.05) is 12.0 Å². The van der Waals surface area contributed by atoms with Gasteiger partial charge < -0.3 is 0 Å². The van der Waals surface area contributed by atoms with Gasteiger partial charge in [-0.2, -0.15) is 0 Å². The first kappa shape index (κ1) is 17.8. The molecule has 0 heterocycles. The van der Waals surface area contributed by atoms with Gasteiger partial charge in [-0.1, -0.05) is 30.5 Å². The first-order chi connectivity index (χ1) is 10.3. The van der Waals surface area contributed by atoms with E-state index in [4.69, 9.17) is 0 Å². The lowest BCUT2D eigenvalue weighted by molar-refractivity contribution is -0.125. The van der Waals surface area contributed by atoms with Crippen LogP contribution in [0.2, 0.25) is 0 Å². The maximum atomic E-state index is 12.7. The second-order valence-corrected chi connectivity index (χ2v) is 6.10. The third-order valence-corrected chi connectivity index (χ3v) is 2.93. The van der Waals surface area contributed by atoms with E-state index in [0.29, 0.717) is 12.0 Å². The van der Waals surface area contributed by atoms with Crippen LogP contribution in [0.25, 0.3) is 0 Å². The predicted molar refractivity (Wildman–Crippen MR) is 87.9 cm³/mol. The molecule has 4 nitrogen and oxygen atoms in total. The Morgan fingerprint density at radius 2 is 1.91 bits per heavy atom. The van der Waals surface area contributed by atoms with Gasteiger partial charge in [-0.25, -0.2) is 5.01 Å². The molecule has 118 valence electrons. The van der Waals surface area contributed by atoms with Crippen LogP contribution in [-0.4, -0.2) is 22.4 Å². The molecule has 2 amide bonds. The fourth-order valence-corrected chi connectivity index (χ4v) is 1.86. The molecule has 0 unspecified atom stereocenters. The standard InChI is InChI=1S/C18H24N2O2/c1-6-7-8-12-16(21)19-20(18(3,4)5)17(22)15-11-9-10-14(2)13-15/h9-11,13H,6,12H2,1-5H3,(H,19,21). The van der Waals surface area contributed by atoms with Crippen LogP contribution in [0.3, 0.4) is 0 Å². The first-order valence-electron chi connectivity index (χ1n) is 7.42. The number of rotatable bonds is 2. The van der Waals surface area contributed by atoms with Gasteiger partial charge in [-0.3, -0.25) is 15.0 Å². The average molecular weight is 300 g/mol. The third-order valence-electron chi connectivity index (χ3n) is 2.93. The molecule has 0 spiro atoms. The number of carbonyl (C=O) groups is 2. The number of amides is 2. The monoisotopic (exact) mass is 300 g/mol. The van der Waals surface area contributed by atoms with E-state index in [9.17, 15) is 9.59 Å². The van der Waals surface area contributed by atoms with Crippen LogP contribution in [-0.2, 0) is 4.79 Å². The van der Waals surface area contributed by atoms with Crippen molar-refractivity contribution in [3.63, 3.8) is 0 Å². The summed E-state index contributed by atoms with van der Waals surface area (Å²) in [4.78, 5) is 24.7. The Balaban J connectivity index is 2.94. The Kier molecular flexibility index (Phi) is 6.18. The van der Waals surface area contributed by atoms with Crippen LogP contribution in [0.1, 0.15) is 56.5 Å². The van der Waals surface area contributed by atoms with Crippen molar-refractivity contribution in [1.82, 2.24) is 10.4 Å². The van der Waals surface area contributed by atoms with Crippen LogP contribution in [0, 0.1) is 18.8 Å². The molecule has 0 atom stereocenters. The third kappa shape index (κ3) is 5.25. The van der Waals surface area contributed by atoms with Gasteiger partial charge in [0.25, 0.3) is 11.8 Å². The smallest absolute Gasteiger partial charge is 0.272 e.